The van der Waals surface area contributed by atoms with Gasteiger partial charge in [-0.3, -0.25) is 9.59 Å². The van der Waals surface area contributed by atoms with Gasteiger partial charge in [-0.25, -0.2) is 4.39 Å². The fourth-order valence-electron chi connectivity index (χ4n) is 4.47. The quantitative estimate of drug-likeness (QED) is 0.619. The summed E-state index contributed by atoms with van der Waals surface area (Å²) in [5.41, 5.74) is 1.40. The molecule has 8 nitrogen and oxygen atoms in total. The zero-order valence-electron chi connectivity index (χ0n) is 19.0. The molecule has 1 aromatic heterocycles. The SMILES string of the molecule is CC1Oc2ccccc2N(CCC(=O)Nc2cc(-c3nnc4n3CCCCC4)ccc2F)C1=O. The van der Waals surface area contributed by atoms with E-state index in [1.807, 2.05) is 12.1 Å². The van der Waals surface area contributed by atoms with Gasteiger partial charge in [0.05, 0.1) is 11.4 Å². The van der Waals surface area contributed by atoms with Crippen molar-refractivity contribution in [2.75, 3.05) is 16.8 Å². The Bertz CT molecular complexity index is 1240. The van der Waals surface area contributed by atoms with Crippen molar-refractivity contribution >= 4 is 23.2 Å². The van der Waals surface area contributed by atoms with Gasteiger partial charge in [-0.05, 0) is 50.1 Å². The number of amides is 2. The largest absolute Gasteiger partial charge is 0.479 e. The molecule has 0 saturated carbocycles. The van der Waals surface area contributed by atoms with E-state index in [9.17, 15) is 14.0 Å². The van der Waals surface area contributed by atoms with Gasteiger partial charge in [0.25, 0.3) is 5.91 Å². The number of ether oxygens (including phenoxy) is 1. The highest BCUT2D eigenvalue weighted by Crippen LogP contribution is 2.33. The minimum Gasteiger partial charge on any atom is -0.479 e. The van der Waals surface area contributed by atoms with Crippen LogP contribution in [0.5, 0.6) is 5.75 Å². The second-order valence-electron chi connectivity index (χ2n) is 8.61. The van der Waals surface area contributed by atoms with Crippen LogP contribution < -0.4 is 15.0 Å². The van der Waals surface area contributed by atoms with Crippen molar-refractivity contribution in [3.63, 3.8) is 0 Å². The number of aryl methyl sites for hydroxylation is 1. The summed E-state index contributed by atoms with van der Waals surface area (Å²) in [6, 6.07) is 11.8. The maximum absolute atomic E-state index is 14.5. The van der Waals surface area contributed by atoms with Crippen LogP contribution in [0, 0.1) is 5.82 Å². The molecule has 0 fully saturated rings. The molecule has 1 atom stereocenters. The molecule has 0 radical (unpaired) electrons. The molecule has 9 heteroatoms. The summed E-state index contributed by atoms with van der Waals surface area (Å²) in [6.45, 7) is 2.66. The highest BCUT2D eigenvalue weighted by Gasteiger charge is 2.31. The first-order valence-corrected chi connectivity index (χ1v) is 11.6. The molecule has 3 heterocycles. The van der Waals surface area contributed by atoms with Gasteiger partial charge in [0, 0.05) is 31.5 Å². The van der Waals surface area contributed by atoms with E-state index in [0.29, 0.717) is 22.8 Å². The van der Waals surface area contributed by atoms with E-state index in [1.54, 1.807) is 36.1 Å². The van der Waals surface area contributed by atoms with E-state index in [4.69, 9.17) is 4.74 Å². The normalized spacial score (nSPS) is 17.4. The molecule has 0 saturated heterocycles. The third-order valence-electron chi connectivity index (χ3n) is 6.24. The zero-order valence-corrected chi connectivity index (χ0v) is 19.0. The van der Waals surface area contributed by atoms with Crippen LogP contribution in [0.1, 0.15) is 38.4 Å². The van der Waals surface area contributed by atoms with Crippen molar-refractivity contribution < 1.29 is 18.7 Å². The Labute approximate surface area is 196 Å². The zero-order chi connectivity index (χ0) is 23.7. The average Bonchev–Trinajstić information content (AvgIpc) is 3.08. The number of anilines is 2. The first-order valence-electron chi connectivity index (χ1n) is 11.6. The van der Waals surface area contributed by atoms with Crippen LogP contribution in [0.25, 0.3) is 11.4 Å². The molecule has 0 aliphatic carbocycles. The Morgan fingerprint density at radius 1 is 1.18 bits per heavy atom. The molecule has 0 bridgehead atoms. The number of fused-ring (bicyclic) bond motifs is 2. The fourth-order valence-corrected chi connectivity index (χ4v) is 4.47. The van der Waals surface area contributed by atoms with Gasteiger partial charge in [0.15, 0.2) is 11.9 Å². The molecule has 1 unspecified atom stereocenters. The number of carbonyl (C=O) groups excluding carboxylic acids is 2. The third-order valence-corrected chi connectivity index (χ3v) is 6.24. The predicted molar refractivity (Wildman–Crippen MR) is 125 cm³/mol. The smallest absolute Gasteiger partial charge is 0.267 e. The summed E-state index contributed by atoms with van der Waals surface area (Å²) < 4.78 is 22.3. The topological polar surface area (TPSA) is 89.3 Å². The average molecular weight is 464 g/mol. The van der Waals surface area contributed by atoms with Gasteiger partial charge in [-0.2, -0.15) is 0 Å². The van der Waals surface area contributed by atoms with E-state index in [1.165, 1.54) is 6.07 Å². The summed E-state index contributed by atoms with van der Waals surface area (Å²) >= 11 is 0. The summed E-state index contributed by atoms with van der Waals surface area (Å²) in [4.78, 5) is 26.9. The molecule has 3 aromatic rings. The van der Waals surface area contributed by atoms with Crippen molar-refractivity contribution in [2.24, 2.45) is 0 Å². The Kier molecular flexibility index (Phi) is 6.00. The number of nitrogens with one attached hydrogen (secondary N) is 1. The van der Waals surface area contributed by atoms with E-state index in [2.05, 4.69) is 20.1 Å². The predicted octanol–water partition coefficient (Wildman–Crippen LogP) is 3.95. The molecule has 34 heavy (non-hydrogen) atoms. The van der Waals surface area contributed by atoms with Gasteiger partial charge in [-0.1, -0.05) is 18.6 Å². The second kappa shape index (κ2) is 9.24. The van der Waals surface area contributed by atoms with Crippen LogP contribution in [-0.4, -0.2) is 39.2 Å². The summed E-state index contributed by atoms with van der Waals surface area (Å²) in [5, 5.41) is 11.3. The monoisotopic (exact) mass is 463 g/mol. The van der Waals surface area contributed by atoms with Crippen molar-refractivity contribution in [2.45, 2.75) is 51.7 Å². The number of carbonyl (C=O) groups is 2. The molecular weight excluding hydrogens is 437 g/mol. The van der Waals surface area contributed by atoms with Gasteiger partial charge in [0.2, 0.25) is 5.91 Å². The highest BCUT2D eigenvalue weighted by molar-refractivity contribution is 6.01. The molecule has 1 N–H and O–H groups in total. The number of rotatable bonds is 5. The van der Waals surface area contributed by atoms with E-state index < -0.39 is 11.9 Å². The van der Waals surface area contributed by atoms with Crippen molar-refractivity contribution in [3.05, 3.63) is 54.1 Å². The number of benzene rings is 2. The van der Waals surface area contributed by atoms with Crippen LogP contribution in [0.15, 0.2) is 42.5 Å². The van der Waals surface area contributed by atoms with Crippen LogP contribution in [0.4, 0.5) is 15.8 Å². The lowest BCUT2D eigenvalue weighted by molar-refractivity contribution is -0.125. The number of para-hydroxylation sites is 2. The molecular formula is C25H26FN5O3. The minimum atomic E-state index is -0.634. The number of aromatic nitrogens is 3. The third kappa shape index (κ3) is 4.25. The van der Waals surface area contributed by atoms with Gasteiger partial charge >= 0.3 is 0 Å². The van der Waals surface area contributed by atoms with Crippen molar-refractivity contribution in [1.29, 1.82) is 0 Å². The van der Waals surface area contributed by atoms with Crippen LogP contribution >= 0.6 is 0 Å². The van der Waals surface area contributed by atoms with E-state index in [-0.39, 0.29) is 30.5 Å². The molecule has 0 spiro atoms. The standard InChI is InChI=1S/C25H26FN5O3/c1-16-25(33)30(20-7-4-5-8-21(20)34-16)14-12-23(32)27-19-15-17(10-11-18(19)26)24-29-28-22-9-3-2-6-13-31(22)24/h4-5,7-8,10-11,15-16H,2-3,6,9,12-14H2,1H3,(H,27,32). The second-order valence-corrected chi connectivity index (χ2v) is 8.61. The summed E-state index contributed by atoms with van der Waals surface area (Å²) in [5.74, 6) is 1.08. The summed E-state index contributed by atoms with van der Waals surface area (Å²) in [7, 11) is 0. The van der Waals surface area contributed by atoms with Gasteiger partial charge in [0.1, 0.15) is 17.4 Å². The van der Waals surface area contributed by atoms with Crippen LogP contribution in [0.2, 0.25) is 0 Å². The molecule has 2 aromatic carbocycles. The maximum Gasteiger partial charge on any atom is 0.267 e. The maximum atomic E-state index is 14.5. The molecule has 2 amide bonds. The Morgan fingerprint density at radius 3 is 2.91 bits per heavy atom. The van der Waals surface area contributed by atoms with Crippen LogP contribution in [0.3, 0.4) is 0 Å². The Hall–Kier alpha value is -3.75. The molecule has 5 rings (SSSR count). The fraction of sp³-hybridized carbons (Fsp3) is 0.360. The van der Waals surface area contributed by atoms with Gasteiger partial charge < -0.3 is 19.5 Å². The van der Waals surface area contributed by atoms with Crippen molar-refractivity contribution in [1.82, 2.24) is 14.8 Å². The number of nitrogens with zero attached hydrogens (tertiary/aromatic N) is 4. The lowest BCUT2D eigenvalue weighted by atomic mass is 10.1. The van der Waals surface area contributed by atoms with Crippen LogP contribution in [-0.2, 0) is 22.6 Å². The Balaban J connectivity index is 1.30. The summed E-state index contributed by atoms with van der Waals surface area (Å²) in [6.07, 6.45) is 3.52. The molecule has 2 aliphatic rings. The number of hydrogen-bond donors (Lipinski definition) is 1. The number of hydrogen-bond acceptors (Lipinski definition) is 5. The van der Waals surface area contributed by atoms with Crippen molar-refractivity contribution in [3.8, 4) is 17.1 Å². The highest BCUT2D eigenvalue weighted by atomic mass is 19.1. The first-order chi connectivity index (χ1) is 16.5. The lowest BCUT2D eigenvalue weighted by Crippen LogP contribution is -2.45. The molecule has 2 aliphatic heterocycles. The first kappa shape index (κ1) is 22.1. The van der Waals surface area contributed by atoms with E-state index in [0.717, 1.165) is 38.1 Å². The van der Waals surface area contributed by atoms with Gasteiger partial charge in [-0.15, -0.1) is 10.2 Å². The number of halogens is 1. The lowest BCUT2D eigenvalue weighted by Gasteiger charge is -2.32. The minimum absolute atomic E-state index is 0.0107. The van der Waals surface area contributed by atoms with E-state index >= 15 is 0 Å². The molecule has 176 valence electrons. The Morgan fingerprint density at radius 2 is 2.03 bits per heavy atom.